The molecule has 0 saturated carbocycles. The first-order valence-corrected chi connectivity index (χ1v) is 11.5. The summed E-state index contributed by atoms with van der Waals surface area (Å²) in [5.74, 6) is 0.911. The number of fused-ring (bicyclic) bond motifs is 4. The van der Waals surface area contributed by atoms with Crippen LogP contribution in [0.4, 0.5) is 0 Å². The lowest BCUT2D eigenvalue weighted by molar-refractivity contribution is 0.889. The molecule has 0 bridgehead atoms. The highest BCUT2D eigenvalue weighted by molar-refractivity contribution is 5.81. The molecule has 2 unspecified atom stereocenters. The van der Waals surface area contributed by atoms with Crippen LogP contribution >= 0.6 is 0 Å². The Balaban J connectivity index is 1.41. The Kier molecular flexibility index (Phi) is 4.02. The minimum atomic E-state index is 0.455. The van der Waals surface area contributed by atoms with Gasteiger partial charge in [0.15, 0.2) is 0 Å². The molecule has 0 fully saturated rings. The molecule has 0 aromatic heterocycles. The lowest BCUT2D eigenvalue weighted by atomic mass is 9.77. The number of hydrogen-bond donors (Lipinski definition) is 0. The fourth-order valence-corrected chi connectivity index (χ4v) is 5.99. The molecular formula is C31H28. The fraction of sp³-hybridized carbons (Fsp3) is 0.226. The summed E-state index contributed by atoms with van der Waals surface area (Å²) in [6.45, 7) is 9.31. The summed E-state index contributed by atoms with van der Waals surface area (Å²) < 4.78 is 0. The summed E-state index contributed by atoms with van der Waals surface area (Å²) in [5.41, 5.74) is 17.4. The van der Waals surface area contributed by atoms with Crippen molar-refractivity contribution in [3.63, 3.8) is 0 Å². The zero-order valence-corrected chi connectivity index (χ0v) is 18.8. The highest BCUT2D eigenvalue weighted by atomic mass is 14.4. The fourth-order valence-electron chi connectivity index (χ4n) is 5.99. The van der Waals surface area contributed by atoms with Gasteiger partial charge in [0, 0.05) is 11.8 Å². The molecule has 0 radical (unpaired) electrons. The van der Waals surface area contributed by atoms with Gasteiger partial charge >= 0.3 is 0 Å². The molecule has 0 heterocycles. The average molecular weight is 401 g/mol. The van der Waals surface area contributed by atoms with Gasteiger partial charge in [0.1, 0.15) is 0 Å². The van der Waals surface area contributed by atoms with Crippen LogP contribution in [-0.4, -0.2) is 0 Å². The lowest BCUT2D eigenvalue weighted by Gasteiger charge is -2.27. The minimum absolute atomic E-state index is 0.455. The molecule has 0 spiro atoms. The quantitative estimate of drug-likeness (QED) is 0.475. The molecule has 2 aromatic carbocycles. The van der Waals surface area contributed by atoms with Crippen LogP contribution in [0.3, 0.4) is 0 Å². The van der Waals surface area contributed by atoms with Crippen LogP contribution in [0.15, 0.2) is 105 Å². The normalized spacial score (nSPS) is 23.5. The largest absolute Gasteiger partial charge is 0.0619 e. The van der Waals surface area contributed by atoms with Gasteiger partial charge in [0.25, 0.3) is 0 Å². The molecule has 0 heteroatoms. The molecule has 0 N–H and O–H groups in total. The van der Waals surface area contributed by atoms with E-state index < -0.39 is 0 Å². The maximum atomic E-state index is 2.44. The van der Waals surface area contributed by atoms with E-state index in [0.29, 0.717) is 11.8 Å². The Morgan fingerprint density at radius 1 is 0.581 bits per heavy atom. The first kappa shape index (κ1) is 18.6. The molecule has 4 aliphatic rings. The SMILES string of the molecule is CC1=C(CC2=C(C)C=C3C2=Cc2ccccc2C3C)C2=Cc3ccccc3C(C)C2=C1. The molecule has 0 saturated heterocycles. The van der Waals surface area contributed by atoms with Crippen molar-refractivity contribution in [3.8, 4) is 0 Å². The Bertz CT molecular complexity index is 1230. The van der Waals surface area contributed by atoms with E-state index in [0.717, 1.165) is 6.42 Å². The highest BCUT2D eigenvalue weighted by Crippen LogP contribution is 2.51. The van der Waals surface area contributed by atoms with Crippen molar-refractivity contribution in [2.75, 3.05) is 0 Å². The summed E-state index contributed by atoms with van der Waals surface area (Å²) >= 11 is 0. The Morgan fingerprint density at radius 2 is 1.00 bits per heavy atom. The van der Waals surface area contributed by atoms with Crippen LogP contribution < -0.4 is 0 Å². The summed E-state index contributed by atoms with van der Waals surface area (Å²) in [4.78, 5) is 0. The van der Waals surface area contributed by atoms with E-state index in [1.54, 1.807) is 0 Å². The maximum absolute atomic E-state index is 2.44. The number of rotatable bonds is 2. The molecule has 152 valence electrons. The smallest absolute Gasteiger partial charge is 0.00730 e. The predicted molar refractivity (Wildman–Crippen MR) is 132 cm³/mol. The second-order valence-corrected chi connectivity index (χ2v) is 9.52. The van der Waals surface area contributed by atoms with Gasteiger partial charge in [-0.3, -0.25) is 0 Å². The Labute approximate surface area is 185 Å². The lowest BCUT2D eigenvalue weighted by Crippen LogP contribution is -2.09. The second kappa shape index (κ2) is 6.69. The van der Waals surface area contributed by atoms with E-state index in [1.165, 1.54) is 66.8 Å². The zero-order valence-electron chi connectivity index (χ0n) is 18.8. The van der Waals surface area contributed by atoms with Gasteiger partial charge in [-0.05, 0) is 99.3 Å². The van der Waals surface area contributed by atoms with Crippen molar-refractivity contribution in [1.82, 2.24) is 0 Å². The summed E-state index contributed by atoms with van der Waals surface area (Å²) in [6.07, 6.45) is 10.8. The molecule has 0 nitrogen and oxygen atoms in total. The van der Waals surface area contributed by atoms with E-state index in [1.807, 2.05) is 0 Å². The molecule has 31 heavy (non-hydrogen) atoms. The monoisotopic (exact) mass is 400 g/mol. The molecule has 6 rings (SSSR count). The van der Waals surface area contributed by atoms with Gasteiger partial charge in [-0.15, -0.1) is 0 Å². The first-order valence-electron chi connectivity index (χ1n) is 11.5. The van der Waals surface area contributed by atoms with Crippen molar-refractivity contribution in [1.29, 1.82) is 0 Å². The van der Waals surface area contributed by atoms with Gasteiger partial charge in [0.05, 0.1) is 0 Å². The molecule has 2 atom stereocenters. The highest BCUT2D eigenvalue weighted by Gasteiger charge is 2.33. The van der Waals surface area contributed by atoms with E-state index >= 15 is 0 Å². The van der Waals surface area contributed by atoms with Crippen molar-refractivity contribution >= 4 is 12.2 Å². The van der Waals surface area contributed by atoms with Gasteiger partial charge in [-0.2, -0.15) is 0 Å². The van der Waals surface area contributed by atoms with E-state index in [4.69, 9.17) is 0 Å². The molecule has 0 amide bonds. The van der Waals surface area contributed by atoms with Crippen LogP contribution in [0.5, 0.6) is 0 Å². The molecule has 0 aliphatic heterocycles. The van der Waals surface area contributed by atoms with Crippen molar-refractivity contribution in [3.05, 3.63) is 128 Å². The Morgan fingerprint density at radius 3 is 1.45 bits per heavy atom. The number of allylic oxidation sites excluding steroid dienone is 10. The van der Waals surface area contributed by atoms with Gasteiger partial charge < -0.3 is 0 Å². The maximum Gasteiger partial charge on any atom is 0.00730 e. The van der Waals surface area contributed by atoms with Gasteiger partial charge in [-0.1, -0.05) is 74.5 Å². The van der Waals surface area contributed by atoms with Crippen LogP contribution in [0.2, 0.25) is 0 Å². The van der Waals surface area contributed by atoms with Crippen LogP contribution in [0.1, 0.15) is 68.2 Å². The average Bonchev–Trinajstić information content (AvgIpc) is 3.26. The summed E-state index contributed by atoms with van der Waals surface area (Å²) in [6, 6.07) is 17.8. The topological polar surface area (TPSA) is 0 Å². The first-order chi connectivity index (χ1) is 15.0. The van der Waals surface area contributed by atoms with Crippen LogP contribution in [0.25, 0.3) is 12.2 Å². The van der Waals surface area contributed by atoms with E-state index in [9.17, 15) is 0 Å². The minimum Gasteiger partial charge on any atom is -0.0619 e. The number of hydrogen-bond acceptors (Lipinski definition) is 0. The number of benzene rings is 2. The summed E-state index contributed by atoms with van der Waals surface area (Å²) in [5, 5.41) is 0. The van der Waals surface area contributed by atoms with Gasteiger partial charge in [0.2, 0.25) is 0 Å². The summed E-state index contributed by atoms with van der Waals surface area (Å²) in [7, 11) is 0. The van der Waals surface area contributed by atoms with Crippen molar-refractivity contribution < 1.29 is 0 Å². The zero-order chi connectivity index (χ0) is 21.3. The predicted octanol–water partition coefficient (Wildman–Crippen LogP) is 8.29. The molecule has 2 aromatic rings. The third-order valence-corrected chi connectivity index (χ3v) is 7.78. The Hall–Kier alpha value is -3.12. The molecule has 4 aliphatic carbocycles. The second-order valence-electron chi connectivity index (χ2n) is 9.52. The standard InChI is InChI=1S/C31H28/c1-18-13-28-20(3)24-11-7-5-9-22(24)15-30(28)26(18)17-27-19(2)14-29-21(4)25-12-8-6-10-23(25)16-31(27)29/h5-16,20-21H,17H2,1-4H3. The van der Waals surface area contributed by atoms with Crippen molar-refractivity contribution in [2.24, 2.45) is 0 Å². The third kappa shape index (κ3) is 2.67. The molecular weight excluding hydrogens is 372 g/mol. The third-order valence-electron chi connectivity index (χ3n) is 7.78. The van der Waals surface area contributed by atoms with Crippen LogP contribution in [-0.2, 0) is 0 Å². The van der Waals surface area contributed by atoms with E-state index in [2.05, 4.69) is 101 Å². The van der Waals surface area contributed by atoms with Gasteiger partial charge in [-0.25, -0.2) is 0 Å². The van der Waals surface area contributed by atoms with Crippen molar-refractivity contribution in [2.45, 2.75) is 46.0 Å². The van der Waals surface area contributed by atoms with E-state index in [-0.39, 0.29) is 0 Å². The van der Waals surface area contributed by atoms with Crippen LogP contribution in [0, 0.1) is 0 Å².